The molecule has 0 saturated carbocycles. The lowest BCUT2D eigenvalue weighted by Gasteiger charge is -2.25. The predicted molar refractivity (Wildman–Crippen MR) is 84.1 cm³/mol. The minimum atomic E-state index is 0.441. The van der Waals surface area contributed by atoms with Gasteiger partial charge in [0, 0.05) is 34.4 Å². The molecule has 1 aliphatic carbocycles. The average molecular weight is 287 g/mol. The Morgan fingerprint density at radius 3 is 3.05 bits per heavy atom. The molecule has 1 atom stereocenters. The molecule has 0 radical (unpaired) electrons. The van der Waals surface area contributed by atoms with Gasteiger partial charge in [0.2, 0.25) is 0 Å². The van der Waals surface area contributed by atoms with Gasteiger partial charge >= 0.3 is 0 Å². The van der Waals surface area contributed by atoms with Gasteiger partial charge in [-0.1, -0.05) is 6.92 Å². The standard InChI is InChI=1S/C16H21N3S/c1-3-7-17-14-5-4-6-15-12(14)8-18-16(19-15)13-10-20-9-11(13)2/h8-10,14,17H,3-7H2,1-2H3. The average Bonchev–Trinajstić information content (AvgIpc) is 2.90. The summed E-state index contributed by atoms with van der Waals surface area (Å²) in [6.07, 6.45) is 6.71. The summed E-state index contributed by atoms with van der Waals surface area (Å²) < 4.78 is 0. The van der Waals surface area contributed by atoms with E-state index in [0.29, 0.717) is 6.04 Å². The number of thiophene rings is 1. The first-order valence-corrected chi connectivity index (χ1v) is 8.36. The zero-order valence-corrected chi connectivity index (χ0v) is 13.0. The van der Waals surface area contributed by atoms with Crippen LogP contribution in [0.1, 0.15) is 49.0 Å². The molecule has 0 aliphatic heterocycles. The van der Waals surface area contributed by atoms with Gasteiger partial charge in [0.15, 0.2) is 5.82 Å². The molecule has 3 nitrogen and oxygen atoms in total. The van der Waals surface area contributed by atoms with E-state index in [9.17, 15) is 0 Å². The van der Waals surface area contributed by atoms with Gasteiger partial charge in [-0.2, -0.15) is 11.3 Å². The first-order valence-electron chi connectivity index (χ1n) is 7.42. The van der Waals surface area contributed by atoms with Crippen LogP contribution in [0.2, 0.25) is 0 Å². The lowest BCUT2D eigenvalue weighted by Crippen LogP contribution is -2.26. The molecule has 20 heavy (non-hydrogen) atoms. The highest BCUT2D eigenvalue weighted by Gasteiger charge is 2.22. The van der Waals surface area contributed by atoms with Gasteiger partial charge in [-0.05, 0) is 50.1 Å². The molecule has 0 fully saturated rings. The van der Waals surface area contributed by atoms with Crippen LogP contribution in [0.3, 0.4) is 0 Å². The third-order valence-electron chi connectivity index (χ3n) is 3.92. The van der Waals surface area contributed by atoms with Crippen molar-refractivity contribution >= 4 is 11.3 Å². The summed E-state index contributed by atoms with van der Waals surface area (Å²) in [5, 5.41) is 7.92. The maximum atomic E-state index is 4.83. The van der Waals surface area contributed by atoms with Gasteiger partial charge in [-0.3, -0.25) is 0 Å². The van der Waals surface area contributed by atoms with E-state index < -0.39 is 0 Å². The van der Waals surface area contributed by atoms with E-state index in [4.69, 9.17) is 4.98 Å². The maximum Gasteiger partial charge on any atom is 0.160 e. The van der Waals surface area contributed by atoms with E-state index in [-0.39, 0.29) is 0 Å². The Hall–Kier alpha value is -1.26. The minimum Gasteiger partial charge on any atom is -0.310 e. The van der Waals surface area contributed by atoms with Crippen molar-refractivity contribution < 1.29 is 0 Å². The molecular formula is C16H21N3S. The zero-order chi connectivity index (χ0) is 13.9. The Morgan fingerprint density at radius 1 is 1.40 bits per heavy atom. The summed E-state index contributed by atoms with van der Waals surface area (Å²) in [7, 11) is 0. The lowest BCUT2D eigenvalue weighted by atomic mass is 9.92. The fraction of sp³-hybridized carbons (Fsp3) is 0.500. The van der Waals surface area contributed by atoms with Gasteiger partial charge in [-0.25, -0.2) is 9.97 Å². The smallest absolute Gasteiger partial charge is 0.160 e. The fourth-order valence-corrected chi connectivity index (χ4v) is 3.62. The summed E-state index contributed by atoms with van der Waals surface area (Å²) >= 11 is 1.72. The van der Waals surface area contributed by atoms with Gasteiger partial charge in [-0.15, -0.1) is 0 Å². The summed E-state index contributed by atoms with van der Waals surface area (Å²) in [6, 6.07) is 0.441. The largest absolute Gasteiger partial charge is 0.310 e. The number of aromatic nitrogens is 2. The molecule has 2 heterocycles. The highest BCUT2D eigenvalue weighted by molar-refractivity contribution is 7.08. The fourth-order valence-electron chi connectivity index (χ4n) is 2.80. The van der Waals surface area contributed by atoms with Crippen molar-refractivity contribution in [1.82, 2.24) is 15.3 Å². The minimum absolute atomic E-state index is 0.441. The molecule has 0 bridgehead atoms. The SMILES string of the molecule is CCCNC1CCCc2nc(-c3cscc3C)ncc21. The Labute approximate surface area is 124 Å². The van der Waals surface area contributed by atoms with Crippen molar-refractivity contribution in [3.05, 3.63) is 33.8 Å². The number of rotatable bonds is 4. The van der Waals surface area contributed by atoms with Crippen LogP contribution in [-0.2, 0) is 6.42 Å². The number of hydrogen-bond acceptors (Lipinski definition) is 4. The maximum absolute atomic E-state index is 4.83. The molecule has 1 N–H and O–H groups in total. The molecule has 4 heteroatoms. The van der Waals surface area contributed by atoms with E-state index in [2.05, 4.69) is 34.9 Å². The quantitative estimate of drug-likeness (QED) is 0.927. The normalized spacial score (nSPS) is 18.0. The monoisotopic (exact) mass is 287 g/mol. The second-order valence-electron chi connectivity index (χ2n) is 5.46. The third-order valence-corrected chi connectivity index (χ3v) is 4.78. The Kier molecular flexibility index (Phi) is 4.13. The Morgan fingerprint density at radius 2 is 2.30 bits per heavy atom. The second kappa shape index (κ2) is 6.02. The van der Waals surface area contributed by atoms with Gasteiger partial charge in [0.05, 0.1) is 0 Å². The molecule has 2 aromatic heterocycles. The van der Waals surface area contributed by atoms with Crippen LogP contribution in [0.15, 0.2) is 17.0 Å². The first kappa shape index (κ1) is 13.7. The first-order chi connectivity index (χ1) is 9.79. The predicted octanol–water partition coefficient (Wildman–Crippen LogP) is 3.89. The van der Waals surface area contributed by atoms with Crippen LogP contribution in [0.5, 0.6) is 0 Å². The van der Waals surface area contributed by atoms with Gasteiger partial charge < -0.3 is 5.32 Å². The van der Waals surface area contributed by atoms with Crippen molar-refractivity contribution in [2.24, 2.45) is 0 Å². The highest BCUT2D eigenvalue weighted by Crippen LogP contribution is 2.31. The summed E-state index contributed by atoms with van der Waals surface area (Å²) in [6.45, 7) is 5.39. The number of nitrogens with one attached hydrogen (secondary N) is 1. The van der Waals surface area contributed by atoms with E-state index in [1.807, 2.05) is 6.20 Å². The van der Waals surface area contributed by atoms with Crippen molar-refractivity contribution in [2.45, 2.75) is 45.6 Å². The van der Waals surface area contributed by atoms with Crippen molar-refractivity contribution in [3.8, 4) is 11.4 Å². The number of fused-ring (bicyclic) bond motifs is 1. The molecule has 1 aliphatic rings. The summed E-state index contributed by atoms with van der Waals surface area (Å²) in [4.78, 5) is 9.44. The van der Waals surface area contributed by atoms with Crippen LogP contribution in [0.25, 0.3) is 11.4 Å². The molecule has 0 spiro atoms. The van der Waals surface area contributed by atoms with Gasteiger partial charge in [0.25, 0.3) is 0 Å². The second-order valence-corrected chi connectivity index (χ2v) is 6.21. The van der Waals surface area contributed by atoms with Crippen LogP contribution in [0, 0.1) is 6.92 Å². The number of aryl methyl sites for hydroxylation is 2. The topological polar surface area (TPSA) is 37.8 Å². The lowest BCUT2D eigenvalue weighted by molar-refractivity contribution is 0.454. The molecule has 2 aromatic rings. The van der Waals surface area contributed by atoms with Crippen molar-refractivity contribution in [3.63, 3.8) is 0 Å². The van der Waals surface area contributed by atoms with E-state index in [0.717, 1.165) is 18.8 Å². The van der Waals surface area contributed by atoms with E-state index >= 15 is 0 Å². The van der Waals surface area contributed by atoms with Crippen molar-refractivity contribution in [2.75, 3.05) is 6.54 Å². The number of hydrogen-bond donors (Lipinski definition) is 1. The van der Waals surface area contributed by atoms with Gasteiger partial charge in [0.1, 0.15) is 0 Å². The Bertz CT molecular complexity index is 591. The molecule has 0 saturated heterocycles. The molecule has 106 valence electrons. The third kappa shape index (κ3) is 2.63. The van der Waals surface area contributed by atoms with Crippen LogP contribution >= 0.6 is 11.3 Å². The highest BCUT2D eigenvalue weighted by atomic mass is 32.1. The van der Waals surface area contributed by atoms with Crippen LogP contribution in [0.4, 0.5) is 0 Å². The summed E-state index contributed by atoms with van der Waals surface area (Å²) in [5.41, 5.74) is 5.00. The van der Waals surface area contributed by atoms with Crippen LogP contribution < -0.4 is 5.32 Å². The zero-order valence-electron chi connectivity index (χ0n) is 12.1. The molecule has 1 unspecified atom stereocenters. The van der Waals surface area contributed by atoms with E-state index in [1.165, 1.54) is 41.6 Å². The number of nitrogens with zero attached hydrogens (tertiary/aromatic N) is 2. The van der Waals surface area contributed by atoms with Crippen molar-refractivity contribution in [1.29, 1.82) is 0 Å². The van der Waals surface area contributed by atoms with Crippen LogP contribution in [-0.4, -0.2) is 16.5 Å². The molecule has 3 rings (SSSR count). The summed E-state index contributed by atoms with van der Waals surface area (Å²) in [5.74, 6) is 0.888. The van der Waals surface area contributed by atoms with E-state index in [1.54, 1.807) is 11.3 Å². The molecule has 0 amide bonds. The molecule has 0 aromatic carbocycles. The Balaban J connectivity index is 1.91. The molecular weight excluding hydrogens is 266 g/mol.